The Labute approximate surface area is 125 Å². The summed E-state index contributed by atoms with van der Waals surface area (Å²) < 4.78 is 0. The molecule has 0 unspecified atom stereocenters. The van der Waals surface area contributed by atoms with Crippen LogP contribution in [0, 0.1) is 0 Å². The van der Waals surface area contributed by atoms with E-state index in [0.29, 0.717) is 16.1 Å². The van der Waals surface area contributed by atoms with E-state index in [1.54, 1.807) is 24.6 Å². The maximum Gasteiger partial charge on any atom is 0.257 e. The SMILES string of the molecule is CNC(=O)c1ccsc1NC(=O)c1ccccc1SC. The molecule has 1 aromatic heterocycles. The summed E-state index contributed by atoms with van der Waals surface area (Å²) in [6.45, 7) is 0. The number of hydrogen-bond acceptors (Lipinski definition) is 4. The molecular weight excluding hydrogens is 292 g/mol. The average Bonchev–Trinajstić information content (AvgIpc) is 2.94. The number of hydrogen-bond donors (Lipinski definition) is 2. The zero-order valence-corrected chi connectivity index (χ0v) is 12.7. The van der Waals surface area contributed by atoms with Gasteiger partial charge in [0.1, 0.15) is 5.00 Å². The van der Waals surface area contributed by atoms with Crippen LogP contribution in [-0.4, -0.2) is 25.1 Å². The minimum atomic E-state index is -0.209. The number of thioether (sulfide) groups is 1. The van der Waals surface area contributed by atoms with Crippen LogP contribution >= 0.6 is 23.1 Å². The fraction of sp³-hybridized carbons (Fsp3) is 0.143. The van der Waals surface area contributed by atoms with Crippen molar-refractivity contribution in [1.82, 2.24) is 5.32 Å². The predicted molar refractivity (Wildman–Crippen MR) is 83.9 cm³/mol. The molecule has 6 heteroatoms. The highest BCUT2D eigenvalue weighted by molar-refractivity contribution is 7.98. The molecule has 0 saturated carbocycles. The number of benzene rings is 1. The zero-order chi connectivity index (χ0) is 14.5. The molecule has 0 spiro atoms. The summed E-state index contributed by atoms with van der Waals surface area (Å²) in [7, 11) is 1.56. The van der Waals surface area contributed by atoms with Gasteiger partial charge in [-0.25, -0.2) is 0 Å². The first kappa shape index (κ1) is 14.6. The molecule has 0 saturated heterocycles. The molecule has 1 heterocycles. The van der Waals surface area contributed by atoms with Gasteiger partial charge in [-0.1, -0.05) is 12.1 Å². The van der Waals surface area contributed by atoms with Crippen LogP contribution in [0.1, 0.15) is 20.7 Å². The molecule has 0 aliphatic rings. The lowest BCUT2D eigenvalue weighted by Crippen LogP contribution is -2.20. The van der Waals surface area contributed by atoms with Crippen LogP contribution in [0.25, 0.3) is 0 Å². The summed E-state index contributed by atoms with van der Waals surface area (Å²) >= 11 is 2.84. The molecule has 0 bridgehead atoms. The lowest BCUT2D eigenvalue weighted by molar-refractivity contribution is 0.0964. The van der Waals surface area contributed by atoms with Gasteiger partial charge in [0.05, 0.1) is 11.1 Å². The van der Waals surface area contributed by atoms with E-state index < -0.39 is 0 Å². The second-order valence-corrected chi connectivity index (χ2v) is 5.66. The predicted octanol–water partition coefficient (Wildman–Crippen LogP) is 3.08. The van der Waals surface area contributed by atoms with E-state index in [2.05, 4.69) is 10.6 Å². The van der Waals surface area contributed by atoms with Crippen molar-refractivity contribution in [1.29, 1.82) is 0 Å². The van der Waals surface area contributed by atoms with E-state index in [1.165, 1.54) is 23.1 Å². The van der Waals surface area contributed by atoms with Gasteiger partial charge < -0.3 is 10.6 Å². The fourth-order valence-electron chi connectivity index (χ4n) is 1.72. The lowest BCUT2D eigenvalue weighted by Gasteiger charge is -2.08. The minimum Gasteiger partial charge on any atom is -0.355 e. The third-order valence-electron chi connectivity index (χ3n) is 2.72. The highest BCUT2D eigenvalue weighted by Gasteiger charge is 2.16. The first-order chi connectivity index (χ1) is 9.67. The maximum absolute atomic E-state index is 12.3. The zero-order valence-electron chi connectivity index (χ0n) is 11.1. The molecule has 104 valence electrons. The maximum atomic E-state index is 12.3. The van der Waals surface area contributed by atoms with Crippen LogP contribution in [0.5, 0.6) is 0 Å². The van der Waals surface area contributed by atoms with E-state index in [-0.39, 0.29) is 11.8 Å². The van der Waals surface area contributed by atoms with Gasteiger partial charge in [0.15, 0.2) is 0 Å². The molecule has 2 aromatic rings. The monoisotopic (exact) mass is 306 g/mol. The topological polar surface area (TPSA) is 58.2 Å². The summed E-state index contributed by atoms with van der Waals surface area (Å²) in [6, 6.07) is 9.08. The number of carbonyl (C=O) groups is 2. The van der Waals surface area contributed by atoms with Gasteiger partial charge in [0.25, 0.3) is 11.8 Å². The van der Waals surface area contributed by atoms with Crippen molar-refractivity contribution in [2.75, 3.05) is 18.6 Å². The number of anilines is 1. The van der Waals surface area contributed by atoms with Gasteiger partial charge >= 0.3 is 0 Å². The molecule has 4 nitrogen and oxygen atoms in total. The second-order valence-electron chi connectivity index (χ2n) is 3.90. The molecule has 2 rings (SSSR count). The highest BCUT2D eigenvalue weighted by atomic mass is 32.2. The summed E-state index contributed by atoms with van der Waals surface area (Å²) in [4.78, 5) is 24.9. The standard InChI is InChI=1S/C14H14N2O2S2/c1-15-12(17)10-7-8-20-14(10)16-13(18)9-5-3-4-6-11(9)19-2/h3-8H,1-2H3,(H,15,17)(H,16,18). The van der Waals surface area contributed by atoms with Crippen LogP contribution in [0.15, 0.2) is 40.6 Å². The first-order valence-corrected chi connectivity index (χ1v) is 8.01. The Morgan fingerprint density at radius 1 is 1.10 bits per heavy atom. The molecule has 0 aliphatic carbocycles. The van der Waals surface area contributed by atoms with Crippen molar-refractivity contribution in [2.45, 2.75) is 4.90 Å². The molecule has 1 aromatic carbocycles. The highest BCUT2D eigenvalue weighted by Crippen LogP contribution is 2.26. The Kier molecular flexibility index (Phi) is 4.81. The van der Waals surface area contributed by atoms with Crippen molar-refractivity contribution < 1.29 is 9.59 Å². The van der Waals surface area contributed by atoms with Gasteiger partial charge in [-0.05, 0) is 29.8 Å². The average molecular weight is 306 g/mol. The van der Waals surface area contributed by atoms with Crippen LogP contribution in [0.2, 0.25) is 0 Å². The molecule has 0 atom stereocenters. The van der Waals surface area contributed by atoms with Gasteiger partial charge in [0.2, 0.25) is 0 Å². The normalized spacial score (nSPS) is 10.1. The van der Waals surface area contributed by atoms with Gasteiger partial charge in [-0.15, -0.1) is 23.1 Å². The summed E-state index contributed by atoms with van der Waals surface area (Å²) in [5, 5.41) is 7.70. The third kappa shape index (κ3) is 3.02. The van der Waals surface area contributed by atoms with Gasteiger partial charge in [0, 0.05) is 11.9 Å². The lowest BCUT2D eigenvalue weighted by atomic mass is 10.2. The number of carbonyl (C=O) groups excluding carboxylic acids is 2. The summed E-state index contributed by atoms with van der Waals surface area (Å²) in [5.41, 5.74) is 1.09. The molecule has 20 heavy (non-hydrogen) atoms. The largest absolute Gasteiger partial charge is 0.355 e. The first-order valence-electron chi connectivity index (χ1n) is 5.91. The second kappa shape index (κ2) is 6.58. The molecule has 0 aliphatic heterocycles. The Hall–Kier alpha value is -1.79. The number of rotatable bonds is 4. The van der Waals surface area contributed by atoms with Crippen molar-refractivity contribution in [3.05, 3.63) is 46.8 Å². The molecule has 2 amide bonds. The van der Waals surface area contributed by atoms with Crippen LogP contribution in [0.4, 0.5) is 5.00 Å². The fourth-order valence-corrected chi connectivity index (χ4v) is 3.10. The van der Waals surface area contributed by atoms with Crippen molar-refractivity contribution >= 4 is 39.9 Å². The van der Waals surface area contributed by atoms with Crippen molar-refractivity contribution in [3.63, 3.8) is 0 Å². The Balaban J connectivity index is 2.24. The number of thiophene rings is 1. The Morgan fingerprint density at radius 3 is 2.55 bits per heavy atom. The number of amides is 2. The van der Waals surface area contributed by atoms with E-state index in [0.717, 1.165) is 4.90 Å². The van der Waals surface area contributed by atoms with E-state index in [1.807, 2.05) is 24.5 Å². The Bertz CT molecular complexity index is 638. The van der Waals surface area contributed by atoms with Crippen LogP contribution in [-0.2, 0) is 0 Å². The van der Waals surface area contributed by atoms with Gasteiger partial charge in [-0.2, -0.15) is 0 Å². The number of nitrogens with one attached hydrogen (secondary N) is 2. The smallest absolute Gasteiger partial charge is 0.257 e. The van der Waals surface area contributed by atoms with E-state index in [4.69, 9.17) is 0 Å². The van der Waals surface area contributed by atoms with Crippen LogP contribution < -0.4 is 10.6 Å². The van der Waals surface area contributed by atoms with Gasteiger partial charge in [-0.3, -0.25) is 9.59 Å². The van der Waals surface area contributed by atoms with E-state index in [9.17, 15) is 9.59 Å². The molecule has 0 fully saturated rings. The van der Waals surface area contributed by atoms with Crippen molar-refractivity contribution in [2.24, 2.45) is 0 Å². The van der Waals surface area contributed by atoms with Crippen LogP contribution in [0.3, 0.4) is 0 Å². The quantitative estimate of drug-likeness (QED) is 0.854. The molecular formula is C14H14N2O2S2. The minimum absolute atomic E-state index is 0.206. The molecule has 2 N–H and O–H groups in total. The van der Waals surface area contributed by atoms with E-state index >= 15 is 0 Å². The van der Waals surface area contributed by atoms with Crippen molar-refractivity contribution in [3.8, 4) is 0 Å². The summed E-state index contributed by atoms with van der Waals surface area (Å²) in [6.07, 6.45) is 1.92. The summed E-state index contributed by atoms with van der Waals surface area (Å²) in [5.74, 6) is -0.415. The third-order valence-corrected chi connectivity index (χ3v) is 4.34. The molecule has 0 radical (unpaired) electrons. The Morgan fingerprint density at radius 2 is 1.85 bits per heavy atom.